The highest BCUT2D eigenvalue weighted by atomic mass is 16.8. The van der Waals surface area contributed by atoms with Crippen LogP contribution >= 0.6 is 0 Å². The first-order valence-electron chi connectivity index (χ1n) is 16.6. The summed E-state index contributed by atoms with van der Waals surface area (Å²) < 4.78 is 16.5. The van der Waals surface area contributed by atoms with Crippen LogP contribution in [0, 0.1) is 17.8 Å². The quantitative estimate of drug-likeness (QED) is 0.0847. The molecule has 2 aliphatic heterocycles. The minimum absolute atomic E-state index is 0.201. The summed E-state index contributed by atoms with van der Waals surface area (Å²) in [6.07, 6.45) is -8.64. The third-order valence-electron chi connectivity index (χ3n) is 9.93. The molecule has 0 spiro atoms. The molecule has 11 atom stereocenters. The lowest BCUT2D eigenvalue weighted by Gasteiger charge is -2.48. The van der Waals surface area contributed by atoms with Gasteiger partial charge in [0.05, 0.1) is 18.6 Å². The number of rotatable bonds is 18. The van der Waals surface area contributed by atoms with Crippen molar-refractivity contribution in [2.75, 3.05) is 0 Å². The molecule has 1 amide bonds. The zero-order chi connectivity index (χ0) is 37.8. The molecule has 50 heavy (non-hydrogen) atoms. The van der Waals surface area contributed by atoms with Crippen LogP contribution in [-0.4, -0.2) is 108 Å². The van der Waals surface area contributed by atoms with Crippen molar-refractivity contribution in [3.8, 4) is 0 Å². The molecule has 15 nitrogen and oxygen atoms in total. The van der Waals surface area contributed by atoms with Gasteiger partial charge in [-0.25, -0.2) is 14.4 Å². The number of esters is 1. The van der Waals surface area contributed by atoms with Gasteiger partial charge in [0.2, 0.25) is 29.0 Å². The molecule has 1 aromatic rings. The van der Waals surface area contributed by atoms with Crippen LogP contribution in [0.4, 0.5) is 0 Å². The number of hydrogen-bond donors (Lipinski definition) is 7. The molecule has 278 valence electrons. The van der Waals surface area contributed by atoms with Crippen molar-refractivity contribution >= 4 is 29.8 Å². The number of amides is 1. The smallest absolute Gasteiger partial charge is 0.344 e. The molecule has 1 aromatic carbocycles. The Hall–Kier alpha value is -3.89. The third-order valence-corrected chi connectivity index (χ3v) is 9.93. The van der Waals surface area contributed by atoms with E-state index in [9.17, 15) is 54.6 Å². The molecular weight excluding hydrogens is 658 g/mol. The van der Waals surface area contributed by atoms with Gasteiger partial charge in [-0.15, -0.1) is 0 Å². The second-order valence-electron chi connectivity index (χ2n) is 13.7. The molecule has 0 saturated carbocycles. The number of aliphatic carboxylic acids is 3. The summed E-state index contributed by atoms with van der Waals surface area (Å²) in [5.41, 5.74) is -6.23. The van der Waals surface area contributed by atoms with Gasteiger partial charge in [0.25, 0.3) is 0 Å². The van der Waals surface area contributed by atoms with Crippen molar-refractivity contribution in [3.63, 3.8) is 0 Å². The maximum Gasteiger partial charge on any atom is 0.344 e. The second kappa shape index (κ2) is 16.0. The lowest BCUT2D eigenvalue weighted by atomic mass is 9.74. The molecule has 15 heteroatoms. The Balaban J connectivity index is 2.00. The minimum Gasteiger partial charge on any atom is -0.479 e. The van der Waals surface area contributed by atoms with Crippen LogP contribution in [0.25, 0.3) is 0 Å². The van der Waals surface area contributed by atoms with Crippen molar-refractivity contribution in [2.45, 2.75) is 121 Å². The zero-order valence-corrected chi connectivity index (χ0v) is 28.9. The average molecular weight is 708 g/mol. The predicted molar refractivity (Wildman–Crippen MR) is 174 cm³/mol. The fraction of sp³-hybridized carbons (Fsp3) is 0.629. The van der Waals surface area contributed by atoms with Gasteiger partial charge in [-0.05, 0) is 42.6 Å². The van der Waals surface area contributed by atoms with Gasteiger partial charge in [0, 0.05) is 13.3 Å². The monoisotopic (exact) mass is 707 g/mol. The summed E-state index contributed by atoms with van der Waals surface area (Å²) in [6, 6.07) is 8.67. The normalized spacial score (nSPS) is 30.3. The van der Waals surface area contributed by atoms with E-state index in [0.717, 1.165) is 12.0 Å². The van der Waals surface area contributed by atoms with E-state index in [2.05, 4.69) is 11.9 Å². The van der Waals surface area contributed by atoms with E-state index in [1.165, 1.54) is 6.92 Å². The first-order chi connectivity index (χ1) is 23.3. The van der Waals surface area contributed by atoms with E-state index in [-0.39, 0.29) is 18.3 Å². The summed E-state index contributed by atoms with van der Waals surface area (Å²) >= 11 is 0. The van der Waals surface area contributed by atoms with Gasteiger partial charge in [-0.3, -0.25) is 9.59 Å². The topological polar surface area (TPSA) is 246 Å². The van der Waals surface area contributed by atoms with E-state index >= 15 is 0 Å². The predicted octanol–water partition coefficient (Wildman–Crippen LogP) is 1.65. The standard InChI is InChI=1S/C35H49NO14/c1-7-18(2)15-20(4)24(38)17-25(39)48-28-27(40)33(49-29(30(41)42)34(47,31(43)44)35(28,50-33)32(45)46)14-13-19(3)26(36-22(6)37)21(5)16-23-11-9-8-10-12-23/h8-12,18,20-21,24,26-29,38,40,47H,3,7,13-17H2,1-2,4-6H3,(H,36,37)(H,41,42)(H,43,44)(H,45,46)/t18?,20?,21?,24?,26?,27-,28-,29-,33+,34-,35+/m1/s1. The van der Waals surface area contributed by atoms with Gasteiger partial charge >= 0.3 is 23.9 Å². The summed E-state index contributed by atoms with van der Waals surface area (Å²) in [6.45, 7) is 12.8. The fourth-order valence-corrected chi connectivity index (χ4v) is 6.93. The largest absolute Gasteiger partial charge is 0.479 e. The Morgan fingerprint density at radius 3 is 2.16 bits per heavy atom. The highest BCUT2D eigenvalue weighted by Gasteiger charge is 2.85. The maximum absolute atomic E-state index is 13.2. The molecule has 2 bridgehead atoms. The number of fused-ring (bicyclic) bond motifs is 2. The molecule has 2 aliphatic rings. The van der Waals surface area contributed by atoms with Crippen LogP contribution in [0.2, 0.25) is 0 Å². The molecule has 0 aliphatic carbocycles. The van der Waals surface area contributed by atoms with Crippen molar-refractivity contribution < 1.29 is 68.8 Å². The van der Waals surface area contributed by atoms with Crippen LogP contribution in [-0.2, 0) is 44.6 Å². The van der Waals surface area contributed by atoms with Gasteiger partial charge in [-0.1, -0.05) is 76.6 Å². The molecule has 0 radical (unpaired) electrons. The number of hydrogen-bond acceptors (Lipinski definition) is 11. The van der Waals surface area contributed by atoms with Crippen LogP contribution in [0.15, 0.2) is 42.5 Å². The highest BCUT2D eigenvalue weighted by Crippen LogP contribution is 2.56. The zero-order valence-electron chi connectivity index (χ0n) is 28.9. The number of carboxylic acid groups (broad SMARTS) is 3. The molecular formula is C35H49NO14. The van der Waals surface area contributed by atoms with Crippen molar-refractivity contribution in [3.05, 3.63) is 48.0 Å². The number of carbonyl (C=O) groups is 5. The summed E-state index contributed by atoms with van der Waals surface area (Å²) in [4.78, 5) is 63.3. The number of ether oxygens (including phenoxy) is 3. The molecule has 2 heterocycles. The SMILES string of the molecule is C=C(CC[C@]12O[C@H](C(=O)O)[C@@](O)(C(=O)O)[C@](C(=O)O)(O1)[C@H](OC(=O)CC(O)C(C)CC(C)CC)[C@H]2O)C(NC(C)=O)C(C)Cc1ccccc1. The Kier molecular flexibility index (Phi) is 13.0. The van der Waals surface area contributed by atoms with Crippen LogP contribution in [0.5, 0.6) is 0 Å². The van der Waals surface area contributed by atoms with Crippen LogP contribution < -0.4 is 5.32 Å². The number of benzene rings is 1. The Labute approximate surface area is 290 Å². The molecule has 7 N–H and O–H groups in total. The lowest BCUT2D eigenvalue weighted by molar-refractivity contribution is -0.374. The van der Waals surface area contributed by atoms with Gasteiger partial charge in [-0.2, -0.15) is 0 Å². The van der Waals surface area contributed by atoms with E-state index in [1.807, 2.05) is 51.1 Å². The Morgan fingerprint density at radius 2 is 1.64 bits per heavy atom. The van der Waals surface area contributed by atoms with Crippen molar-refractivity contribution in [1.29, 1.82) is 0 Å². The molecule has 2 fully saturated rings. The third kappa shape index (κ3) is 7.86. The van der Waals surface area contributed by atoms with Gasteiger partial charge < -0.3 is 50.2 Å². The molecule has 0 aromatic heterocycles. The highest BCUT2D eigenvalue weighted by molar-refractivity contribution is 5.98. The fourth-order valence-electron chi connectivity index (χ4n) is 6.93. The van der Waals surface area contributed by atoms with Crippen molar-refractivity contribution in [2.24, 2.45) is 17.8 Å². The van der Waals surface area contributed by atoms with Crippen LogP contribution in [0.3, 0.4) is 0 Å². The number of carbonyl (C=O) groups excluding carboxylic acids is 2. The minimum atomic E-state index is -3.93. The van der Waals surface area contributed by atoms with Crippen molar-refractivity contribution in [1.82, 2.24) is 5.32 Å². The first kappa shape index (κ1) is 40.5. The number of carboxylic acids is 3. The van der Waals surface area contributed by atoms with Gasteiger partial charge in [0.15, 0.2) is 6.10 Å². The number of nitrogens with one attached hydrogen (secondary N) is 1. The molecule has 2 saturated heterocycles. The van der Waals surface area contributed by atoms with E-state index in [4.69, 9.17) is 14.2 Å². The first-order valence-corrected chi connectivity index (χ1v) is 16.6. The number of aliphatic hydroxyl groups excluding tert-OH is 2. The Bertz CT molecular complexity index is 1440. The van der Waals surface area contributed by atoms with Crippen LogP contribution in [0.1, 0.15) is 72.3 Å². The summed E-state index contributed by atoms with van der Waals surface area (Å²) in [7, 11) is 0. The molecule has 5 unspecified atom stereocenters. The lowest BCUT2D eigenvalue weighted by Crippen LogP contribution is -2.78. The second-order valence-corrected chi connectivity index (χ2v) is 13.7. The number of aliphatic hydroxyl groups is 3. The van der Waals surface area contributed by atoms with E-state index in [1.54, 1.807) is 6.92 Å². The summed E-state index contributed by atoms with van der Waals surface area (Å²) in [5.74, 6) is -11.6. The van der Waals surface area contributed by atoms with Gasteiger partial charge in [0.1, 0.15) is 6.10 Å². The Morgan fingerprint density at radius 1 is 1.02 bits per heavy atom. The summed E-state index contributed by atoms with van der Waals surface area (Å²) in [5, 5.41) is 67.2. The van der Waals surface area contributed by atoms with E-state index < -0.39 is 96.0 Å². The maximum atomic E-state index is 13.2. The van der Waals surface area contributed by atoms with E-state index in [0.29, 0.717) is 18.4 Å². The average Bonchev–Trinajstić information content (AvgIpc) is 3.25. The molecule has 3 rings (SSSR count).